The van der Waals surface area contributed by atoms with Crippen LogP contribution in [0.3, 0.4) is 0 Å². The number of anilines is 3. The van der Waals surface area contributed by atoms with Gasteiger partial charge in [-0.25, -0.2) is 9.52 Å². The summed E-state index contributed by atoms with van der Waals surface area (Å²) in [4.78, 5) is 11.8. The zero-order valence-corrected chi connectivity index (χ0v) is 16.9. The number of hydrogen-bond acceptors (Lipinski definition) is 7. The van der Waals surface area contributed by atoms with Crippen LogP contribution in [0.2, 0.25) is 0 Å². The Bertz CT molecular complexity index is 1020. The van der Waals surface area contributed by atoms with Crippen LogP contribution in [0.15, 0.2) is 24.3 Å². The molecule has 2 atom stereocenters. The molecule has 0 unspecified atom stereocenters. The second kappa shape index (κ2) is 7.47. The van der Waals surface area contributed by atoms with Gasteiger partial charge < -0.3 is 19.6 Å². The fourth-order valence-electron chi connectivity index (χ4n) is 3.54. The molecule has 0 radical (unpaired) electrons. The molecule has 1 saturated carbocycles. The first-order valence-corrected chi connectivity index (χ1v) is 10.8. The summed E-state index contributed by atoms with van der Waals surface area (Å²) in [6.45, 7) is 3.78. The number of nitrogens with one attached hydrogen (secondary N) is 4. The molecule has 2 aromatic rings. The molecule has 1 amide bonds. The second-order valence-corrected chi connectivity index (χ2v) is 8.80. The number of fused-ring (bicyclic) bond motifs is 1. The summed E-state index contributed by atoms with van der Waals surface area (Å²) in [7, 11) is -3.76. The maximum absolute atomic E-state index is 11.8. The number of H-pyrrole nitrogens is 1. The number of aromatic amines is 1. The highest BCUT2D eigenvalue weighted by molar-refractivity contribution is 7.88. The van der Waals surface area contributed by atoms with Gasteiger partial charge in [-0.3, -0.25) is 5.10 Å². The van der Waals surface area contributed by atoms with Crippen LogP contribution in [0.25, 0.3) is 0 Å². The van der Waals surface area contributed by atoms with Crippen molar-refractivity contribution in [2.75, 3.05) is 10.0 Å². The van der Waals surface area contributed by atoms with E-state index < -0.39 is 10.3 Å². The minimum atomic E-state index is -3.76. The van der Waals surface area contributed by atoms with Gasteiger partial charge in [-0.1, -0.05) is 0 Å². The van der Waals surface area contributed by atoms with Crippen LogP contribution in [0.1, 0.15) is 44.7 Å². The predicted molar refractivity (Wildman–Crippen MR) is 107 cm³/mol. The zero-order valence-electron chi connectivity index (χ0n) is 16.1. The van der Waals surface area contributed by atoms with Crippen molar-refractivity contribution < 1.29 is 22.1 Å². The molecular weight excluding hydrogens is 398 g/mol. The fraction of sp³-hybridized carbons (Fsp3) is 0.444. The molecular formula is C18H23N5O5S. The van der Waals surface area contributed by atoms with E-state index in [-0.39, 0.29) is 29.9 Å². The summed E-state index contributed by atoms with van der Waals surface area (Å²) < 4.78 is 35.5. The quantitative estimate of drug-likeness (QED) is 0.583. The SMILES string of the molecule is CC(C)NC(=O)O[C@@H]1CC[C@H](c2cc(Nc3ccc4c(c3)NS(=O)(=O)O4)n[nH]2)C1. The van der Waals surface area contributed by atoms with Crippen molar-refractivity contribution in [3.63, 3.8) is 0 Å². The summed E-state index contributed by atoms with van der Waals surface area (Å²) in [6, 6.07) is 6.88. The van der Waals surface area contributed by atoms with Gasteiger partial charge in [-0.2, -0.15) is 13.5 Å². The summed E-state index contributed by atoms with van der Waals surface area (Å²) in [5, 5.41) is 13.2. The molecule has 156 valence electrons. The average molecular weight is 421 g/mol. The molecule has 4 N–H and O–H groups in total. The third-order valence-corrected chi connectivity index (χ3v) is 5.66. The third kappa shape index (κ3) is 4.56. The smallest absolute Gasteiger partial charge is 0.407 e. The van der Waals surface area contributed by atoms with Crippen LogP contribution in [0, 0.1) is 0 Å². The Hall–Kier alpha value is -2.95. The molecule has 10 nitrogen and oxygen atoms in total. The number of carbonyl (C=O) groups excluding carboxylic acids is 1. The van der Waals surface area contributed by atoms with Gasteiger partial charge >= 0.3 is 16.4 Å². The Morgan fingerprint density at radius 3 is 2.93 bits per heavy atom. The zero-order chi connectivity index (χ0) is 20.6. The molecule has 2 heterocycles. The second-order valence-electron chi connectivity index (χ2n) is 7.52. The first kappa shape index (κ1) is 19.4. The van der Waals surface area contributed by atoms with E-state index in [0.29, 0.717) is 17.2 Å². The van der Waals surface area contributed by atoms with Gasteiger partial charge in [-0.15, -0.1) is 0 Å². The highest BCUT2D eigenvalue weighted by atomic mass is 32.2. The standard InChI is InChI=1S/C18H23N5O5S/c1-10(2)19-18(24)27-13-5-3-11(7-13)14-9-17(22-21-14)20-12-4-6-16-15(8-12)23-29(25,26)28-16/h4,6,8-11,13,23H,3,5,7H2,1-2H3,(H,19,24)(H2,20,21,22)/t11-,13+/m0/s1. The normalized spacial score (nSPS) is 21.9. The molecule has 0 saturated heterocycles. The molecule has 0 spiro atoms. The molecule has 4 rings (SSSR count). The summed E-state index contributed by atoms with van der Waals surface area (Å²) in [5.41, 5.74) is 2.02. The van der Waals surface area contributed by atoms with Crippen molar-refractivity contribution >= 4 is 33.6 Å². The molecule has 1 aliphatic heterocycles. The van der Waals surface area contributed by atoms with E-state index in [1.807, 2.05) is 19.9 Å². The number of ether oxygens (including phenoxy) is 1. The molecule has 1 aromatic heterocycles. The first-order chi connectivity index (χ1) is 13.8. The van der Waals surface area contributed by atoms with Gasteiger partial charge in [-0.05, 0) is 51.3 Å². The third-order valence-electron chi connectivity index (χ3n) is 4.79. The lowest BCUT2D eigenvalue weighted by molar-refractivity contribution is 0.0981. The predicted octanol–water partition coefficient (Wildman–Crippen LogP) is 2.97. The lowest BCUT2D eigenvalue weighted by Crippen LogP contribution is -2.33. The Kier molecular flexibility index (Phi) is 4.99. The Morgan fingerprint density at radius 2 is 2.14 bits per heavy atom. The van der Waals surface area contributed by atoms with Gasteiger partial charge in [0.1, 0.15) is 6.10 Å². The van der Waals surface area contributed by atoms with E-state index in [1.165, 1.54) is 0 Å². The lowest BCUT2D eigenvalue weighted by atomic mass is 10.0. The summed E-state index contributed by atoms with van der Waals surface area (Å²) in [5.74, 6) is 1.11. The Balaban J connectivity index is 1.36. The van der Waals surface area contributed by atoms with Gasteiger partial charge in [0.15, 0.2) is 11.6 Å². The van der Waals surface area contributed by atoms with Crippen molar-refractivity contribution in [2.24, 2.45) is 0 Å². The van der Waals surface area contributed by atoms with E-state index in [1.54, 1.807) is 18.2 Å². The minimum absolute atomic E-state index is 0.0435. The number of hydrogen-bond donors (Lipinski definition) is 4. The van der Waals surface area contributed by atoms with E-state index in [0.717, 1.165) is 25.0 Å². The molecule has 1 aromatic carbocycles. The highest BCUT2D eigenvalue weighted by Crippen LogP contribution is 2.37. The number of benzene rings is 1. The molecule has 29 heavy (non-hydrogen) atoms. The van der Waals surface area contributed by atoms with Gasteiger partial charge in [0.05, 0.1) is 5.69 Å². The number of rotatable bonds is 5. The van der Waals surface area contributed by atoms with Crippen molar-refractivity contribution in [2.45, 2.75) is 51.2 Å². The average Bonchev–Trinajstić information content (AvgIpc) is 3.31. The van der Waals surface area contributed by atoms with E-state index in [2.05, 4.69) is 25.6 Å². The molecule has 1 aliphatic carbocycles. The lowest BCUT2D eigenvalue weighted by Gasteiger charge is -2.14. The van der Waals surface area contributed by atoms with Crippen LogP contribution in [0.4, 0.5) is 22.0 Å². The van der Waals surface area contributed by atoms with Crippen molar-refractivity contribution in [3.05, 3.63) is 30.0 Å². The van der Waals surface area contributed by atoms with Crippen LogP contribution < -0.4 is 19.5 Å². The number of amides is 1. The topological polar surface area (TPSA) is 134 Å². The van der Waals surface area contributed by atoms with E-state index in [9.17, 15) is 13.2 Å². The minimum Gasteiger partial charge on any atom is -0.446 e. The summed E-state index contributed by atoms with van der Waals surface area (Å²) >= 11 is 0. The number of nitrogens with zero attached hydrogens (tertiary/aromatic N) is 1. The maximum Gasteiger partial charge on any atom is 0.407 e. The molecule has 2 aliphatic rings. The van der Waals surface area contributed by atoms with Gasteiger partial charge in [0.2, 0.25) is 0 Å². The van der Waals surface area contributed by atoms with Crippen molar-refractivity contribution in [3.8, 4) is 5.75 Å². The molecule has 1 fully saturated rings. The van der Waals surface area contributed by atoms with E-state index in [4.69, 9.17) is 8.92 Å². The fourth-order valence-corrected chi connectivity index (χ4v) is 4.39. The highest BCUT2D eigenvalue weighted by Gasteiger charge is 2.30. The number of alkyl carbamates (subject to hydrolysis) is 1. The number of aromatic nitrogens is 2. The van der Waals surface area contributed by atoms with Gasteiger partial charge in [0.25, 0.3) is 0 Å². The van der Waals surface area contributed by atoms with Crippen LogP contribution in [-0.2, 0) is 15.0 Å². The van der Waals surface area contributed by atoms with Gasteiger partial charge in [0, 0.05) is 29.4 Å². The molecule has 0 bridgehead atoms. The van der Waals surface area contributed by atoms with Crippen LogP contribution in [-0.4, -0.2) is 36.9 Å². The molecule has 11 heteroatoms. The largest absolute Gasteiger partial charge is 0.446 e. The first-order valence-electron chi connectivity index (χ1n) is 9.43. The van der Waals surface area contributed by atoms with Crippen LogP contribution in [0.5, 0.6) is 5.75 Å². The van der Waals surface area contributed by atoms with E-state index >= 15 is 0 Å². The maximum atomic E-state index is 11.8. The monoisotopic (exact) mass is 421 g/mol. The Labute approximate surface area is 168 Å². The van der Waals surface area contributed by atoms with Crippen molar-refractivity contribution in [1.29, 1.82) is 0 Å². The van der Waals surface area contributed by atoms with Crippen molar-refractivity contribution in [1.82, 2.24) is 15.5 Å². The number of carbonyl (C=O) groups is 1. The Morgan fingerprint density at radius 1 is 1.31 bits per heavy atom. The summed E-state index contributed by atoms with van der Waals surface area (Å²) in [6.07, 6.45) is 1.96. The van der Waals surface area contributed by atoms with Crippen LogP contribution >= 0.6 is 0 Å².